The maximum Gasteiger partial charge on any atom is 0.277 e. The molecule has 0 aliphatic heterocycles. The lowest BCUT2D eigenvalue weighted by molar-refractivity contribution is -0.122. The van der Waals surface area contributed by atoms with E-state index in [4.69, 9.17) is 15.2 Å². The molecule has 126 valence electrons. The van der Waals surface area contributed by atoms with Crippen molar-refractivity contribution >= 4 is 18.3 Å². The molecule has 1 aromatic rings. The average Bonchev–Trinajstić information content (AvgIpc) is 2.50. The molecular formula is C14H21ClF2N2O3. The highest BCUT2D eigenvalue weighted by atomic mass is 35.5. The zero-order chi connectivity index (χ0) is 15.9. The van der Waals surface area contributed by atoms with Crippen LogP contribution in [0.2, 0.25) is 0 Å². The molecule has 8 heteroatoms. The molecule has 0 radical (unpaired) electrons. The van der Waals surface area contributed by atoms with Crippen molar-refractivity contribution in [2.24, 2.45) is 5.73 Å². The first-order valence-electron chi connectivity index (χ1n) is 6.47. The Bertz CT molecular complexity index is 487. The smallest absolute Gasteiger partial charge is 0.277 e. The Morgan fingerprint density at radius 3 is 2.55 bits per heavy atom. The van der Waals surface area contributed by atoms with Crippen LogP contribution in [0.4, 0.5) is 8.78 Å². The third-order valence-electron chi connectivity index (χ3n) is 2.95. The first-order valence-corrected chi connectivity index (χ1v) is 6.47. The fourth-order valence-corrected chi connectivity index (χ4v) is 1.71. The van der Waals surface area contributed by atoms with E-state index in [9.17, 15) is 13.6 Å². The van der Waals surface area contributed by atoms with Gasteiger partial charge >= 0.3 is 0 Å². The summed E-state index contributed by atoms with van der Waals surface area (Å²) >= 11 is 0. The average molecular weight is 339 g/mol. The fourth-order valence-electron chi connectivity index (χ4n) is 1.71. The molecule has 0 fully saturated rings. The molecule has 0 aliphatic carbocycles. The molecule has 0 bridgehead atoms. The number of nitrogens with one attached hydrogen (secondary N) is 1. The van der Waals surface area contributed by atoms with Gasteiger partial charge in [0.1, 0.15) is 11.5 Å². The zero-order valence-corrected chi connectivity index (χ0v) is 13.3. The van der Waals surface area contributed by atoms with Crippen LogP contribution in [0, 0.1) is 0 Å². The Morgan fingerprint density at radius 1 is 1.32 bits per heavy atom. The highest BCUT2D eigenvalue weighted by Crippen LogP contribution is 2.25. The normalized spacial score (nSPS) is 10.6. The van der Waals surface area contributed by atoms with Gasteiger partial charge in [0.15, 0.2) is 0 Å². The largest absolute Gasteiger partial charge is 0.497 e. The van der Waals surface area contributed by atoms with Crippen LogP contribution in [0.5, 0.6) is 11.5 Å². The maximum atomic E-state index is 12.9. The van der Waals surface area contributed by atoms with Crippen LogP contribution in [-0.2, 0) is 11.2 Å². The Balaban J connectivity index is 0.00000441. The Kier molecular flexibility index (Phi) is 8.74. The van der Waals surface area contributed by atoms with Gasteiger partial charge in [-0.3, -0.25) is 4.79 Å². The number of carbonyl (C=O) groups is 1. The summed E-state index contributed by atoms with van der Waals surface area (Å²) < 4.78 is 36.1. The summed E-state index contributed by atoms with van der Waals surface area (Å²) in [6, 6.07) is 5.22. The van der Waals surface area contributed by atoms with Gasteiger partial charge in [-0.05, 0) is 30.2 Å². The van der Waals surface area contributed by atoms with Gasteiger partial charge in [-0.15, -0.1) is 12.4 Å². The number of methoxy groups -OCH3 is 2. The SMILES string of the molecule is COc1ccc(OC)c(CCC(=O)NCC(F)(F)CN)c1.Cl. The number of hydrogen-bond donors (Lipinski definition) is 2. The lowest BCUT2D eigenvalue weighted by Crippen LogP contribution is -2.41. The van der Waals surface area contributed by atoms with Crippen molar-refractivity contribution in [2.45, 2.75) is 18.8 Å². The maximum absolute atomic E-state index is 12.9. The van der Waals surface area contributed by atoms with E-state index in [1.54, 1.807) is 18.2 Å². The van der Waals surface area contributed by atoms with Gasteiger partial charge < -0.3 is 20.5 Å². The molecule has 0 saturated carbocycles. The lowest BCUT2D eigenvalue weighted by atomic mass is 10.1. The van der Waals surface area contributed by atoms with E-state index >= 15 is 0 Å². The standard InChI is InChI=1S/C14H20F2N2O3.ClH/c1-20-11-4-5-12(21-2)10(7-11)3-6-13(19)18-9-14(15,16)8-17;/h4-5,7H,3,6,8-9,17H2,1-2H3,(H,18,19);1H. The van der Waals surface area contributed by atoms with Crippen molar-refractivity contribution in [3.8, 4) is 11.5 Å². The molecule has 0 saturated heterocycles. The van der Waals surface area contributed by atoms with Crippen molar-refractivity contribution < 1.29 is 23.0 Å². The van der Waals surface area contributed by atoms with E-state index in [0.29, 0.717) is 17.9 Å². The van der Waals surface area contributed by atoms with Crippen LogP contribution in [0.15, 0.2) is 18.2 Å². The molecule has 0 atom stereocenters. The number of alkyl halides is 2. The van der Waals surface area contributed by atoms with Crippen LogP contribution in [-0.4, -0.2) is 39.1 Å². The molecule has 1 amide bonds. The molecule has 0 unspecified atom stereocenters. The predicted octanol–water partition coefficient (Wildman–Crippen LogP) is 1.77. The number of nitrogens with two attached hydrogens (primary N) is 1. The molecule has 0 aromatic heterocycles. The van der Waals surface area contributed by atoms with Crippen molar-refractivity contribution in [3.05, 3.63) is 23.8 Å². The zero-order valence-electron chi connectivity index (χ0n) is 12.5. The van der Waals surface area contributed by atoms with E-state index in [1.165, 1.54) is 14.2 Å². The van der Waals surface area contributed by atoms with E-state index < -0.39 is 24.9 Å². The highest BCUT2D eigenvalue weighted by molar-refractivity contribution is 5.85. The molecule has 22 heavy (non-hydrogen) atoms. The van der Waals surface area contributed by atoms with E-state index in [2.05, 4.69) is 5.32 Å². The minimum absolute atomic E-state index is 0. The molecule has 0 heterocycles. The van der Waals surface area contributed by atoms with Gasteiger partial charge in [0.05, 0.1) is 27.3 Å². The fraction of sp³-hybridized carbons (Fsp3) is 0.500. The van der Waals surface area contributed by atoms with E-state index in [1.807, 2.05) is 0 Å². The third kappa shape index (κ3) is 6.44. The second kappa shape index (κ2) is 9.42. The molecule has 3 N–H and O–H groups in total. The molecular weight excluding hydrogens is 318 g/mol. The summed E-state index contributed by atoms with van der Waals surface area (Å²) in [6.45, 7) is -1.55. The molecule has 1 aromatic carbocycles. The number of ether oxygens (including phenoxy) is 2. The topological polar surface area (TPSA) is 73.6 Å². The van der Waals surface area contributed by atoms with Gasteiger partial charge in [0.2, 0.25) is 5.91 Å². The summed E-state index contributed by atoms with van der Waals surface area (Å²) in [5, 5.41) is 2.17. The number of carbonyl (C=O) groups excluding carboxylic acids is 1. The number of amides is 1. The molecule has 0 spiro atoms. The second-order valence-corrected chi connectivity index (χ2v) is 4.51. The van der Waals surface area contributed by atoms with Gasteiger partial charge in [0, 0.05) is 6.42 Å². The van der Waals surface area contributed by atoms with Crippen LogP contribution in [0.25, 0.3) is 0 Å². The Hall–Kier alpha value is -1.60. The Morgan fingerprint density at radius 2 is 2.00 bits per heavy atom. The number of halogens is 3. The Labute approximate surface area is 134 Å². The highest BCUT2D eigenvalue weighted by Gasteiger charge is 2.27. The number of hydrogen-bond acceptors (Lipinski definition) is 4. The van der Waals surface area contributed by atoms with Crippen molar-refractivity contribution in [2.75, 3.05) is 27.3 Å². The van der Waals surface area contributed by atoms with Gasteiger partial charge in [-0.2, -0.15) is 0 Å². The van der Waals surface area contributed by atoms with Crippen LogP contribution >= 0.6 is 12.4 Å². The van der Waals surface area contributed by atoms with Gasteiger partial charge in [-0.25, -0.2) is 8.78 Å². The summed E-state index contributed by atoms with van der Waals surface area (Å²) in [6.07, 6.45) is 0.435. The van der Waals surface area contributed by atoms with Crippen molar-refractivity contribution in [1.29, 1.82) is 0 Å². The summed E-state index contributed by atoms with van der Waals surface area (Å²) in [7, 11) is 3.06. The minimum Gasteiger partial charge on any atom is -0.497 e. The lowest BCUT2D eigenvalue weighted by Gasteiger charge is -2.15. The third-order valence-corrected chi connectivity index (χ3v) is 2.95. The van der Waals surface area contributed by atoms with Crippen molar-refractivity contribution in [1.82, 2.24) is 5.32 Å². The number of rotatable bonds is 8. The number of benzene rings is 1. The van der Waals surface area contributed by atoms with Crippen LogP contribution < -0.4 is 20.5 Å². The quantitative estimate of drug-likeness (QED) is 0.757. The monoisotopic (exact) mass is 338 g/mol. The van der Waals surface area contributed by atoms with E-state index in [-0.39, 0.29) is 18.8 Å². The predicted molar refractivity (Wildman–Crippen MR) is 82.1 cm³/mol. The first-order chi connectivity index (χ1) is 9.91. The molecule has 1 rings (SSSR count). The van der Waals surface area contributed by atoms with Gasteiger partial charge in [0.25, 0.3) is 5.92 Å². The number of aryl methyl sites for hydroxylation is 1. The molecule has 0 aliphatic rings. The van der Waals surface area contributed by atoms with Crippen LogP contribution in [0.3, 0.4) is 0 Å². The minimum atomic E-state index is -3.08. The van der Waals surface area contributed by atoms with Crippen molar-refractivity contribution in [3.63, 3.8) is 0 Å². The van der Waals surface area contributed by atoms with Gasteiger partial charge in [-0.1, -0.05) is 0 Å². The molecule has 5 nitrogen and oxygen atoms in total. The second-order valence-electron chi connectivity index (χ2n) is 4.51. The van der Waals surface area contributed by atoms with E-state index in [0.717, 1.165) is 5.56 Å². The van der Waals surface area contributed by atoms with Crippen LogP contribution in [0.1, 0.15) is 12.0 Å². The summed E-state index contributed by atoms with van der Waals surface area (Å²) in [4.78, 5) is 11.6. The first kappa shape index (κ1) is 20.4. The summed E-state index contributed by atoms with van der Waals surface area (Å²) in [5.74, 6) is -2.28. The summed E-state index contributed by atoms with van der Waals surface area (Å²) in [5.41, 5.74) is 5.67.